The van der Waals surface area contributed by atoms with Crippen LogP contribution in [0, 0.1) is 34.6 Å². The summed E-state index contributed by atoms with van der Waals surface area (Å²) in [7, 11) is 0. The first-order valence-corrected chi connectivity index (χ1v) is 10.2. The average molecular weight is 419 g/mol. The van der Waals surface area contributed by atoms with Gasteiger partial charge in [0.1, 0.15) is 0 Å². The second kappa shape index (κ2) is 7.58. The molecule has 0 saturated carbocycles. The first kappa shape index (κ1) is 20.1. The van der Waals surface area contributed by atoms with Crippen LogP contribution in [0.4, 0.5) is 5.69 Å². The number of benzene rings is 2. The Morgan fingerprint density at radius 3 is 2.37 bits per heavy atom. The van der Waals surface area contributed by atoms with Crippen LogP contribution < -0.4 is 5.32 Å². The van der Waals surface area contributed by atoms with Crippen molar-refractivity contribution < 1.29 is 4.79 Å². The molecule has 0 radical (unpaired) electrons. The minimum Gasteiger partial charge on any atom is -0.321 e. The summed E-state index contributed by atoms with van der Waals surface area (Å²) in [5.74, 6) is -0.173. The SMILES string of the molecule is Cc1cc(C(=O)Nc2c(C)cccc2C)c2c(C)nn(-c3cccc(Cl)c3C)c2n1. The molecule has 30 heavy (non-hydrogen) atoms. The van der Waals surface area contributed by atoms with E-state index < -0.39 is 0 Å². The summed E-state index contributed by atoms with van der Waals surface area (Å²) in [6.45, 7) is 9.70. The fourth-order valence-corrected chi connectivity index (χ4v) is 3.95. The fourth-order valence-electron chi connectivity index (χ4n) is 3.78. The van der Waals surface area contributed by atoms with Crippen LogP contribution in [0.1, 0.15) is 38.4 Å². The lowest BCUT2D eigenvalue weighted by atomic mass is 10.1. The highest BCUT2D eigenvalue weighted by Gasteiger charge is 2.21. The standard InChI is InChI=1S/C24H23ClN4O/c1-13-8-6-9-14(2)22(13)27-24(30)18-12-15(3)26-23-21(18)17(5)28-29(23)20-11-7-10-19(25)16(20)4/h6-12H,1-5H3,(H,27,30). The summed E-state index contributed by atoms with van der Waals surface area (Å²) in [6.07, 6.45) is 0. The van der Waals surface area contributed by atoms with Gasteiger partial charge in [-0.15, -0.1) is 0 Å². The maximum Gasteiger partial charge on any atom is 0.256 e. The Morgan fingerprint density at radius 2 is 1.67 bits per heavy atom. The van der Waals surface area contributed by atoms with E-state index in [1.807, 2.05) is 77.1 Å². The number of anilines is 1. The van der Waals surface area contributed by atoms with E-state index in [0.717, 1.165) is 44.8 Å². The summed E-state index contributed by atoms with van der Waals surface area (Å²) in [5.41, 5.74) is 7.32. The van der Waals surface area contributed by atoms with E-state index in [9.17, 15) is 4.79 Å². The first-order chi connectivity index (χ1) is 14.3. The third-order valence-electron chi connectivity index (χ3n) is 5.37. The van der Waals surface area contributed by atoms with Crippen molar-refractivity contribution in [1.29, 1.82) is 0 Å². The van der Waals surface area contributed by atoms with E-state index in [1.54, 1.807) is 4.68 Å². The van der Waals surface area contributed by atoms with Crippen LogP contribution in [-0.2, 0) is 0 Å². The molecular weight excluding hydrogens is 396 g/mol. The zero-order valence-electron chi connectivity index (χ0n) is 17.7. The minimum absolute atomic E-state index is 0.173. The molecule has 0 spiro atoms. The zero-order valence-corrected chi connectivity index (χ0v) is 18.4. The number of hydrogen-bond donors (Lipinski definition) is 1. The smallest absolute Gasteiger partial charge is 0.256 e. The van der Waals surface area contributed by atoms with E-state index in [-0.39, 0.29) is 5.91 Å². The van der Waals surface area contributed by atoms with Gasteiger partial charge in [0.25, 0.3) is 5.91 Å². The van der Waals surface area contributed by atoms with Crippen molar-refractivity contribution in [2.45, 2.75) is 34.6 Å². The number of nitrogens with zero attached hydrogens (tertiary/aromatic N) is 3. The summed E-state index contributed by atoms with van der Waals surface area (Å²) >= 11 is 6.33. The number of para-hydroxylation sites is 1. The van der Waals surface area contributed by atoms with Crippen LogP contribution in [0.15, 0.2) is 42.5 Å². The number of nitrogens with one attached hydrogen (secondary N) is 1. The molecule has 2 aromatic carbocycles. The van der Waals surface area contributed by atoms with Gasteiger partial charge in [0.05, 0.1) is 22.3 Å². The van der Waals surface area contributed by atoms with E-state index >= 15 is 0 Å². The van der Waals surface area contributed by atoms with Gasteiger partial charge in [-0.3, -0.25) is 4.79 Å². The number of carbonyl (C=O) groups excluding carboxylic acids is 1. The van der Waals surface area contributed by atoms with Crippen molar-refractivity contribution >= 4 is 34.2 Å². The molecule has 152 valence electrons. The lowest BCUT2D eigenvalue weighted by Gasteiger charge is -2.13. The zero-order chi connectivity index (χ0) is 21.6. The van der Waals surface area contributed by atoms with Crippen molar-refractivity contribution in [3.63, 3.8) is 0 Å². The Labute approximate surface area is 180 Å². The van der Waals surface area contributed by atoms with Gasteiger partial charge in [0, 0.05) is 16.4 Å². The number of hydrogen-bond acceptors (Lipinski definition) is 3. The Hall–Kier alpha value is -3.18. The molecule has 0 atom stereocenters. The number of carbonyl (C=O) groups is 1. The number of pyridine rings is 1. The first-order valence-electron chi connectivity index (χ1n) is 9.78. The average Bonchev–Trinajstić information content (AvgIpc) is 3.02. The molecular formula is C24H23ClN4O. The molecule has 1 N–H and O–H groups in total. The van der Waals surface area contributed by atoms with Gasteiger partial charge >= 0.3 is 0 Å². The monoisotopic (exact) mass is 418 g/mol. The quantitative estimate of drug-likeness (QED) is 0.452. The lowest BCUT2D eigenvalue weighted by molar-refractivity contribution is 0.102. The molecule has 6 heteroatoms. The highest BCUT2D eigenvalue weighted by molar-refractivity contribution is 6.31. The van der Waals surface area contributed by atoms with E-state index in [2.05, 4.69) is 5.32 Å². The number of halogens is 1. The number of fused-ring (bicyclic) bond motifs is 1. The number of aromatic nitrogens is 3. The molecule has 0 bridgehead atoms. The lowest BCUT2D eigenvalue weighted by Crippen LogP contribution is -2.15. The summed E-state index contributed by atoms with van der Waals surface area (Å²) < 4.78 is 1.77. The Kier molecular flexibility index (Phi) is 5.08. The van der Waals surface area contributed by atoms with Crippen LogP contribution in [0.2, 0.25) is 5.02 Å². The van der Waals surface area contributed by atoms with Gasteiger partial charge in [0.2, 0.25) is 0 Å². The molecule has 1 amide bonds. The van der Waals surface area contributed by atoms with Crippen molar-refractivity contribution in [1.82, 2.24) is 14.8 Å². The van der Waals surface area contributed by atoms with Crippen molar-refractivity contribution in [3.8, 4) is 5.69 Å². The highest BCUT2D eigenvalue weighted by atomic mass is 35.5. The van der Waals surface area contributed by atoms with Crippen LogP contribution in [-0.4, -0.2) is 20.7 Å². The molecule has 2 heterocycles. The van der Waals surface area contributed by atoms with Gasteiger partial charge in [-0.2, -0.15) is 5.10 Å². The molecule has 2 aromatic heterocycles. The maximum atomic E-state index is 13.3. The van der Waals surface area contributed by atoms with Crippen LogP contribution in [0.5, 0.6) is 0 Å². The second-order valence-electron chi connectivity index (χ2n) is 7.61. The third-order valence-corrected chi connectivity index (χ3v) is 5.78. The molecule has 0 saturated heterocycles. The second-order valence-corrected chi connectivity index (χ2v) is 8.02. The Morgan fingerprint density at radius 1 is 1.00 bits per heavy atom. The molecule has 4 rings (SSSR count). The molecule has 0 aliphatic carbocycles. The normalized spacial score (nSPS) is 11.1. The topological polar surface area (TPSA) is 59.8 Å². The minimum atomic E-state index is -0.173. The largest absolute Gasteiger partial charge is 0.321 e. The van der Waals surface area contributed by atoms with Gasteiger partial charge in [-0.05, 0) is 69.5 Å². The number of amides is 1. The van der Waals surface area contributed by atoms with Crippen molar-refractivity contribution in [2.24, 2.45) is 0 Å². The Bertz CT molecular complexity index is 1290. The van der Waals surface area contributed by atoms with Crippen LogP contribution in [0.25, 0.3) is 16.7 Å². The van der Waals surface area contributed by atoms with E-state index in [0.29, 0.717) is 16.2 Å². The molecule has 0 fully saturated rings. The summed E-state index contributed by atoms with van der Waals surface area (Å²) in [4.78, 5) is 18.0. The molecule has 0 aliphatic heterocycles. The van der Waals surface area contributed by atoms with Crippen molar-refractivity contribution in [3.05, 3.63) is 81.1 Å². The van der Waals surface area contributed by atoms with Gasteiger partial charge in [0.15, 0.2) is 5.65 Å². The number of rotatable bonds is 3. The number of aryl methyl sites for hydroxylation is 4. The summed E-state index contributed by atoms with van der Waals surface area (Å²) in [6, 6.07) is 13.5. The predicted octanol–water partition coefficient (Wildman–Crippen LogP) is 5.87. The Balaban J connectivity index is 1.89. The third kappa shape index (κ3) is 3.35. The fraction of sp³-hybridized carbons (Fsp3) is 0.208. The van der Waals surface area contributed by atoms with Crippen LogP contribution in [0.3, 0.4) is 0 Å². The molecule has 0 unspecified atom stereocenters. The maximum absolute atomic E-state index is 13.3. The van der Waals surface area contributed by atoms with Gasteiger partial charge in [-0.25, -0.2) is 9.67 Å². The van der Waals surface area contributed by atoms with E-state index in [4.69, 9.17) is 21.7 Å². The molecule has 0 aliphatic rings. The molecule has 4 aromatic rings. The van der Waals surface area contributed by atoms with Gasteiger partial charge < -0.3 is 5.32 Å². The van der Waals surface area contributed by atoms with Crippen LogP contribution >= 0.6 is 11.6 Å². The van der Waals surface area contributed by atoms with Crippen molar-refractivity contribution in [2.75, 3.05) is 5.32 Å². The van der Waals surface area contributed by atoms with E-state index in [1.165, 1.54) is 0 Å². The molecule has 5 nitrogen and oxygen atoms in total. The predicted molar refractivity (Wildman–Crippen MR) is 122 cm³/mol. The summed E-state index contributed by atoms with van der Waals surface area (Å²) in [5, 5.41) is 9.19. The highest BCUT2D eigenvalue weighted by Crippen LogP contribution is 2.29. The van der Waals surface area contributed by atoms with Gasteiger partial charge in [-0.1, -0.05) is 35.9 Å².